The summed E-state index contributed by atoms with van der Waals surface area (Å²) in [6.45, 7) is 5.47. The lowest BCUT2D eigenvalue weighted by molar-refractivity contribution is 0.0173. The van der Waals surface area contributed by atoms with Crippen LogP contribution in [0.5, 0.6) is 0 Å². The molecule has 3 N–H and O–H groups in total. The van der Waals surface area contributed by atoms with E-state index in [1.54, 1.807) is 11.3 Å². The maximum Gasteiger partial charge on any atom is 0.0895 e. The fourth-order valence-electron chi connectivity index (χ4n) is 2.36. The van der Waals surface area contributed by atoms with E-state index in [1.165, 1.54) is 4.88 Å². The zero-order chi connectivity index (χ0) is 12.8. The van der Waals surface area contributed by atoms with Crippen molar-refractivity contribution in [1.29, 1.82) is 0 Å². The van der Waals surface area contributed by atoms with Crippen LogP contribution in [-0.2, 0) is 6.42 Å². The van der Waals surface area contributed by atoms with Gasteiger partial charge in [0.2, 0.25) is 0 Å². The summed E-state index contributed by atoms with van der Waals surface area (Å²) < 4.78 is 0. The highest BCUT2D eigenvalue weighted by Gasteiger charge is 2.28. The van der Waals surface area contributed by atoms with Gasteiger partial charge < -0.3 is 15.7 Å². The summed E-state index contributed by atoms with van der Waals surface area (Å²) in [4.78, 5) is 5.63. The summed E-state index contributed by atoms with van der Waals surface area (Å²) in [5, 5.41) is 16.9. The van der Waals surface area contributed by atoms with E-state index in [-0.39, 0.29) is 0 Å². The van der Waals surface area contributed by atoms with Gasteiger partial charge in [0.25, 0.3) is 0 Å². The molecule has 1 saturated heterocycles. The summed E-state index contributed by atoms with van der Waals surface area (Å²) >= 11 is 1.74. The summed E-state index contributed by atoms with van der Waals surface area (Å²) in [5.74, 6) is 0. The van der Waals surface area contributed by atoms with Crippen LogP contribution in [0.15, 0.2) is 5.51 Å². The van der Waals surface area contributed by atoms with Gasteiger partial charge in [0.05, 0.1) is 16.8 Å². The lowest BCUT2D eigenvalue weighted by Crippen LogP contribution is -2.52. The first-order chi connectivity index (χ1) is 8.70. The van der Waals surface area contributed by atoms with Crippen LogP contribution >= 0.6 is 11.3 Å². The highest BCUT2D eigenvalue weighted by Crippen LogP contribution is 2.15. The average molecular weight is 269 g/mol. The van der Waals surface area contributed by atoms with Gasteiger partial charge in [-0.1, -0.05) is 0 Å². The van der Waals surface area contributed by atoms with E-state index in [0.29, 0.717) is 13.1 Å². The number of aryl methyl sites for hydroxylation is 2. The molecule has 102 valence electrons. The van der Waals surface area contributed by atoms with Gasteiger partial charge >= 0.3 is 0 Å². The highest BCUT2D eigenvalue weighted by atomic mass is 32.1. The molecule has 0 spiro atoms. The number of hydrogen-bond acceptors (Lipinski definition) is 5. The number of rotatable bonds is 6. The Hall–Kier alpha value is -0.490. The van der Waals surface area contributed by atoms with E-state index in [9.17, 15) is 5.11 Å². The molecular weight excluding hydrogens is 246 g/mol. The topological polar surface area (TPSA) is 57.2 Å². The van der Waals surface area contributed by atoms with Crippen molar-refractivity contribution in [1.82, 2.24) is 15.6 Å². The number of nitrogens with one attached hydrogen (secondary N) is 2. The van der Waals surface area contributed by atoms with Gasteiger partial charge in [-0.2, -0.15) is 0 Å². The van der Waals surface area contributed by atoms with Crippen molar-refractivity contribution in [2.45, 2.75) is 38.2 Å². The zero-order valence-corrected chi connectivity index (χ0v) is 11.9. The molecule has 0 amide bonds. The Kier molecular flexibility index (Phi) is 5.12. The third-order valence-electron chi connectivity index (χ3n) is 3.51. The third-order valence-corrected chi connectivity index (χ3v) is 4.50. The molecule has 2 heterocycles. The molecule has 0 aromatic carbocycles. The van der Waals surface area contributed by atoms with Gasteiger partial charge in [0, 0.05) is 18.0 Å². The number of thiazole rings is 1. The molecule has 1 aliphatic heterocycles. The molecule has 1 aromatic rings. The largest absolute Gasteiger partial charge is 0.387 e. The molecule has 4 nitrogen and oxygen atoms in total. The van der Waals surface area contributed by atoms with Crippen molar-refractivity contribution in [2.75, 3.05) is 26.2 Å². The van der Waals surface area contributed by atoms with Gasteiger partial charge in [0.15, 0.2) is 0 Å². The highest BCUT2D eigenvalue weighted by molar-refractivity contribution is 7.09. The van der Waals surface area contributed by atoms with Crippen molar-refractivity contribution in [3.63, 3.8) is 0 Å². The summed E-state index contributed by atoms with van der Waals surface area (Å²) in [5.41, 5.74) is 2.53. The first-order valence-corrected chi connectivity index (χ1v) is 7.60. The van der Waals surface area contributed by atoms with Crippen LogP contribution in [-0.4, -0.2) is 41.9 Å². The first-order valence-electron chi connectivity index (χ1n) is 6.72. The van der Waals surface area contributed by atoms with Crippen LogP contribution in [0.25, 0.3) is 0 Å². The van der Waals surface area contributed by atoms with E-state index in [2.05, 4.69) is 22.5 Å². The Labute approximate surface area is 113 Å². The van der Waals surface area contributed by atoms with Gasteiger partial charge in [0.1, 0.15) is 0 Å². The fraction of sp³-hybridized carbons (Fsp3) is 0.769. The molecule has 5 heteroatoms. The van der Waals surface area contributed by atoms with E-state index in [0.717, 1.165) is 44.5 Å². The number of nitrogens with zero attached hydrogens (tertiary/aromatic N) is 1. The van der Waals surface area contributed by atoms with Crippen molar-refractivity contribution in [3.05, 3.63) is 16.1 Å². The standard InChI is InChI=1S/C13H23N3OS/c1-11-12(18-10-16-11)4-2-6-14-8-13(17)5-3-7-15-9-13/h10,14-15,17H,2-9H2,1H3/t13-/m0/s1. The predicted octanol–water partition coefficient (Wildman–Crippen LogP) is 1.09. The van der Waals surface area contributed by atoms with Gasteiger partial charge in [-0.05, 0) is 45.7 Å². The van der Waals surface area contributed by atoms with Crippen molar-refractivity contribution in [3.8, 4) is 0 Å². The van der Waals surface area contributed by atoms with Crippen LogP contribution in [0, 0.1) is 6.92 Å². The summed E-state index contributed by atoms with van der Waals surface area (Å²) in [6, 6.07) is 0. The number of aliphatic hydroxyl groups is 1. The quantitative estimate of drug-likeness (QED) is 0.677. The van der Waals surface area contributed by atoms with E-state index >= 15 is 0 Å². The lowest BCUT2D eigenvalue weighted by atomic mass is 9.94. The molecule has 0 unspecified atom stereocenters. The van der Waals surface area contributed by atoms with Crippen molar-refractivity contribution < 1.29 is 5.11 Å². The molecule has 2 rings (SSSR count). The molecule has 0 radical (unpaired) electrons. The van der Waals surface area contributed by atoms with Crippen LogP contribution in [0.2, 0.25) is 0 Å². The molecule has 18 heavy (non-hydrogen) atoms. The van der Waals surface area contributed by atoms with Crippen LogP contribution in [0.4, 0.5) is 0 Å². The van der Waals surface area contributed by atoms with Gasteiger partial charge in [-0.3, -0.25) is 0 Å². The Morgan fingerprint density at radius 1 is 1.61 bits per heavy atom. The Morgan fingerprint density at radius 2 is 2.50 bits per heavy atom. The minimum atomic E-state index is -0.543. The number of hydrogen-bond donors (Lipinski definition) is 3. The van der Waals surface area contributed by atoms with Gasteiger partial charge in [-0.25, -0.2) is 4.98 Å². The molecule has 0 aliphatic carbocycles. The van der Waals surface area contributed by atoms with Crippen LogP contribution < -0.4 is 10.6 Å². The molecule has 0 saturated carbocycles. The SMILES string of the molecule is Cc1ncsc1CCCNC[C@@]1(O)CCCNC1. The van der Waals surface area contributed by atoms with Crippen molar-refractivity contribution in [2.24, 2.45) is 0 Å². The molecule has 0 bridgehead atoms. The average Bonchev–Trinajstić information content (AvgIpc) is 2.75. The zero-order valence-electron chi connectivity index (χ0n) is 11.0. The molecule has 1 aromatic heterocycles. The second-order valence-corrected chi connectivity index (χ2v) is 6.09. The first kappa shape index (κ1) is 13.9. The van der Waals surface area contributed by atoms with E-state index in [4.69, 9.17) is 0 Å². The van der Waals surface area contributed by atoms with Crippen LogP contribution in [0.1, 0.15) is 29.8 Å². The van der Waals surface area contributed by atoms with Crippen LogP contribution in [0.3, 0.4) is 0 Å². The molecule has 1 aliphatic rings. The van der Waals surface area contributed by atoms with Gasteiger partial charge in [-0.15, -0.1) is 11.3 Å². The monoisotopic (exact) mass is 269 g/mol. The van der Waals surface area contributed by atoms with E-state index in [1.807, 2.05) is 5.51 Å². The maximum atomic E-state index is 10.3. The Balaban J connectivity index is 1.60. The number of β-amino-alcohol motifs (C(OH)–C–C–N with tert-alkyl or cyclic N) is 1. The summed E-state index contributed by atoms with van der Waals surface area (Å²) in [7, 11) is 0. The molecular formula is C13H23N3OS. The minimum absolute atomic E-state index is 0.543. The lowest BCUT2D eigenvalue weighted by Gasteiger charge is -2.32. The summed E-state index contributed by atoms with van der Waals surface area (Å²) in [6.07, 6.45) is 4.16. The van der Waals surface area contributed by atoms with Crippen molar-refractivity contribution >= 4 is 11.3 Å². The number of piperidine rings is 1. The Bertz CT molecular complexity index is 361. The second kappa shape index (κ2) is 6.61. The second-order valence-electron chi connectivity index (χ2n) is 5.15. The normalized spacial score (nSPS) is 24.3. The van der Waals surface area contributed by atoms with E-state index < -0.39 is 5.60 Å². The predicted molar refractivity (Wildman–Crippen MR) is 75.1 cm³/mol. The third kappa shape index (κ3) is 4.02. The number of aromatic nitrogens is 1. The fourth-order valence-corrected chi connectivity index (χ4v) is 3.19. The molecule has 1 atom stereocenters. The maximum absolute atomic E-state index is 10.3. The Morgan fingerprint density at radius 3 is 3.17 bits per heavy atom. The minimum Gasteiger partial charge on any atom is -0.387 e. The smallest absolute Gasteiger partial charge is 0.0895 e. The molecule has 1 fully saturated rings.